The molecule has 8 heteroatoms. The second-order valence-electron chi connectivity index (χ2n) is 6.95. The first-order valence-electron chi connectivity index (χ1n) is 10.7. The molecule has 0 fully saturated rings. The maximum absolute atomic E-state index is 11.8. The van der Waals surface area contributed by atoms with Crippen molar-refractivity contribution in [3.63, 3.8) is 0 Å². The van der Waals surface area contributed by atoms with E-state index in [1.807, 2.05) is 55.5 Å². The Labute approximate surface area is 208 Å². The van der Waals surface area contributed by atoms with E-state index in [9.17, 15) is 4.79 Å². The fourth-order valence-electron chi connectivity index (χ4n) is 2.94. The van der Waals surface area contributed by atoms with Crippen molar-refractivity contribution in [2.45, 2.75) is 26.3 Å². The van der Waals surface area contributed by atoms with E-state index in [4.69, 9.17) is 14.5 Å². The van der Waals surface area contributed by atoms with Crippen molar-refractivity contribution in [3.8, 4) is 5.75 Å². The van der Waals surface area contributed by atoms with Crippen LogP contribution in [0.25, 0.3) is 0 Å². The molecule has 1 amide bonds. The lowest BCUT2D eigenvalue weighted by Crippen LogP contribution is -2.39. The Balaban J connectivity index is 0.00000512. The van der Waals surface area contributed by atoms with Gasteiger partial charge in [0.05, 0.1) is 13.7 Å². The minimum atomic E-state index is -0.0764. The summed E-state index contributed by atoms with van der Waals surface area (Å²) in [4.78, 5) is 16.5. The standard InChI is InChI=1S/C24H34N4O3.HI/c1-4-31-16-6-14-26-24(28-18-20-9-11-22(30-3)12-10-20)27-15-13-19-7-5-8-21(17-19)23(29)25-2;/h5,7-12,17H,4,6,13-16,18H2,1-3H3,(H,25,29)(H2,26,27,28);1H. The van der Waals surface area contributed by atoms with Gasteiger partial charge in [-0.2, -0.15) is 0 Å². The summed E-state index contributed by atoms with van der Waals surface area (Å²) < 4.78 is 10.6. The summed E-state index contributed by atoms with van der Waals surface area (Å²) in [6.07, 6.45) is 1.69. The quantitative estimate of drug-likeness (QED) is 0.162. The fourth-order valence-corrected chi connectivity index (χ4v) is 2.94. The summed E-state index contributed by atoms with van der Waals surface area (Å²) in [5.74, 6) is 1.52. The molecule has 0 aliphatic heterocycles. The van der Waals surface area contributed by atoms with Crippen molar-refractivity contribution in [1.29, 1.82) is 0 Å². The molecule has 32 heavy (non-hydrogen) atoms. The molecule has 0 saturated carbocycles. The van der Waals surface area contributed by atoms with Gasteiger partial charge in [-0.3, -0.25) is 4.79 Å². The number of ether oxygens (including phenoxy) is 2. The van der Waals surface area contributed by atoms with Gasteiger partial charge >= 0.3 is 0 Å². The van der Waals surface area contributed by atoms with Crippen molar-refractivity contribution in [1.82, 2.24) is 16.0 Å². The highest BCUT2D eigenvalue weighted by Crippen LogP contribution is 2.12. The molecule has 0 radical (unpaired) electrons. The summed E-state index contributed by atoms with van der Waals surface area (Å²) in [7, 11) is 3.30. The molecule has 176 valence electrons. The van der Waals surface area contributed by atoms with Crippen LogP contribution in [0.1, 0.15) is 34.8 Å². The number of aliphatic imine (C=N–C) groups is 1. The topological polar surface area (TPSA) is 84.0 Å². The van der Waals surface area contributed by atoms with Gasteiger partial charge in [-0.1, -0.05) is 24.3 Å². The SMILES string of the molecule is CCOCCCNC(=NCc1ccc(OC)cc1)NCCc1cccc(C(=O)NC)c1.I. The molecule has 0 spiro atoms. The molecule has 0 aromatic heterocycles. The van der Waals surface area contributed by atoms with E-state index in [1.165, 1.54) is 0 Å². The third kappa shape index (κ3) is 10.3. The zero-order valence-electron chi connectivity index (χ0n) is 19.1. The zero-order chi connectivity index (χ0) is 22.3. The third-order valence-electron chi connectivity index (χ3n) is 4.66. The van der Waals surface area contributed by atoms with Crippen molar-refractivity contribution in [2.24, 2.45) is 4.99 Å². The Hall–Kier alpha value is -2.33. The molecule has 0 unspecified atom stereocenters. The van der Waals surface area contributed by atoms with Crippen molar-refractivity contribution in [2.75, 3.05) is 40.5 Å². The number of guanidine groups is 1. The highest BCUT2D eigenvalue weighted by molar-refractivity contribution is 14.0. The Kier molecular flexibility index (Phi) is 14.1. The second-order valence-corrected chi connectivity index (χ2v) is 6.95. The maximum atomic E-state index is 11.8. The average Bonchev–Trinajstić information content (AvgIpc) is 2.82. The molecule has 2 rings (SSSR count). The number of amides is 1. The number of hydrogen-bond donors (Lipinski definition) is 3. The van der Waals surface area contributed by atoms with Crippen molar-refractivity contribution < 1.29 is 14.3 Å². The summed E-state index contributed by atoms with van der Waals surface area (Å²) >= 11 is 0. The second kappa shape index (κ2) is 16.3. The molecule has 2 aromatic rings. The summed E-state index contributed by atoms with van der Waals surface area (Å²) in [5.41, 5.74) is 2.87. The lowest BCUT2D eigenvalue weighted by Gasteiger charge is -2.13. The first-order valence-corrected chi connectivity index (χ1v) is 10.7. The number of carbonyl (C=O) groups excluding carboxylic acids is 1. The van der Waals surface area contributed by atoms with Crippen LogP contribution >= 0.6 is 24.0 Å². The van der Waals surface area contributed by atoms with Gasteiger partial charge in [-0.25, -0.2) is 4.99 Å². The Morgan fingerprint density at radius 1 is 1.03 bits per heavy atom. The Morgan fingerprint density at radius 3 is 2.47 bits per heavy atom. The van der Waals surface area contributed by atoms with Gasteiger partial charge in [0.2, 0.25) is 0 Å². The lowest BCUT2D eigenvalue weighted by atomic mass is 10.1. The maximum Gasteiger partial charge on any atom is 0.251 e. The van der Waals surface area contributed by atoms with E-state index in [0.29, 0.717) is 18.7 Å². The third-order valence-corrected chi connectivity index (χ3v) is 4.66. The number of methoxy groups -OCH3 is 1. The first-order chi connectivity index (χ1) is 15.2. The van der Waals surface area contributed by atoms with Crippen LogP contribution in [-0.2, 0) is 17.7 Å². The minimum absolute atomic E-state index is 0. The Bertz CT molecular complexity index is 828. The number of nitrogens with one attached hydrogen (secondary N) is 3. The first kappa shape index (κ1) is 27.7. The van der Waals surface area contributed by atoms with Crippen molar-refractivity contribution >= 4 is 35.8 Å². The van der Waals surface area contributed by atoms with Gasteiger partial charge < -0.3 is 25.4 Å². The highest BCUT2D eigenvalue weighted by atomic mass is 127. The number of halogens is 1. The van der Waals surface area contributed by atoms with E-state index in [1.54, 1.807) is 14.2 Å². The largest absolute Gasteiger partial charge is 0.497 e. The molecule has 7 nitrogen and oxygen atoms in total. The minimum Gasteiger partial charge on any atom is -0.497 e. The number of nitrogens with zero attached hydrogens (tertiary/aromatic N) is 1. The zero-order valence-corrected chi connectivity index (χ0v) is 21.5. The molecule has 3 N–H and O–H groups in total. The van der Waals surface area contributed by atoms with Gasteiger partial charge in [0.1, 0.15) is 5.75 Å². The average molecular weight is 554 g/mol. The molecule has 0 bridgehead atoms. The van der Waals surface area contributed by atoms with Gasteiger partial charge in [-0.05, 0) is 55.2 Å². The smallest absolute Gasteiger partial charge is 0.251 e. The summed E-state index contributed by atoms with van der Waals surface area (Å²) in [6, 6.07) is 15.6. The van der Waals surface area contributed by atoms with Crippen LogP contribution in [0, 0.1) is 0 Å². The van der Waals surface area contributed by atoms with E-state index < -0.39 is 0 Å². The van der Waals surface area contributed by atoms with Gasteiger partial charge in [0, 0.05) is 38.9 Å². The number of benzene rings is 2. The van der Waals surface area contributed by atoms with E-state index in [-0.39, 0.29) is 29.9 Å². The van der Waals surface area contributed by atoms with Gasteiger partial charge in [0.15, 0.2) is 5.96 Å². The van der Waals surface area contributed by atoms with Crippen LogP contribution in [0.15, 0.2) is 53.5 Å². The number of carbonyl (C=O) groups is 1. The van der Waals surface area contributed by atoms with Crippen LogP contribution in [0.5, 0.6) is 5.75 Å². The number of rotatable bonds is 12. The molecule has 0 saturated heterocycles. The van der Waals surface area contributed by atoms with Gasteiger partial charge in [0.25, 0.3) is 5.91 Å². The molecule has 0 aliphatic carbocycles. The van der Waals surface area contributed by atoms with Crippen LogP contribution in [0.4, 0.5) is 0 Å². The van der Waals surface area contributed by atoms with Gasteiger partial charge in [-0.15, -0.1) is 24.0 Å². The van der Waals surface area contributed by atoms with E-state index in [0.717, 1.165) is 55.4 Å². The molecular formula is C24H35IN4O3. The normalized spacial score (nSPS) is 10.8. The van der Waals surface area contributed by atoms with E-state index in [2.05, 4.69) is 16.0 Å². The van der Waals surface area contributed by atoms with Crippen LogP contribution in [0.2, 0.25) is 0 Å². The summed E-state index contributed by atoms with van der Waals surface area (Å²) in [6.45, 7) is 5.50. The monoisotopic (exact) mass is 554 g/mol. The van der Waals surface area contributed by atoms with Crippen LogP contribution in [-0.4, -0.2) is 52.3 Å². The molecule has 2 aromatic carbocycles. The highest BCUT2D eigenvalue weighted by Gasteiger charge is 2.04. The Morgan fingerprint density at radius 2 is 1.78 bits per heavy atom. The van der Waals surface area contributed by atoms with E-state index >= 15 is 0 Å². The molecular weight excluding hydrogens is 519 g/mol. The molecule has 0 atom stereocenters. The lowest BCUT2D eigenvalue weighted by molar-refractivity contribution is 0.0963. The van der Waals surface area contributed by atoms with Crippen molar-refractivity contribution in [3.05, 3.63) is 65.2 Å². The summed E-state index contributed by atoms with van der Waals surface area (Å²) in [5, 5.41) is 9.41. The van der Waals surface area contributed by atoms with Crippen LogP contribution in [0.3, 0.4) is 0 Å². The fraction of sp³-hybridized carbons (Fsp3) is 0.417. The predicted octanol–water partition coefficient (Wildman–Crippen LogP) is 3.38. The molecule has 0 aliphatic rings. The van der Waals surface area contributed by atoms with Crippen LogP contribution < -0.4 is 20.7 Å². The predicted molar refractivity (Wildman–Crippen MR) is 140 cm³/mol. The number of hydrogen-bond acceptors (Lipinski definition) is 4. The molecule has 0 heterocycles.